The lowest BCUT2D eigenvalue weighted by Gasteiger charge is -2.15. The first-order valence-corrected chi connectivity index (χ1v) is 20.4. The maximum atomic E-state index is 12.9. The average Bonchev–Trinajstić information content (AvgIpc) is 3.25. The van der Waals surface area contributed by atoms with Crippen LogP contribution < -0.4 is 21.7 Å². The van der Waals surface area contributed by atoms with Gasteiger partial charge < -0.3 is 21.7 Å². The maximum absolute atomic E-state index is 12.9. The van der Waals surface area contributed by atoms with Gasteiger partial charge in [0.2, 0.25) is 11.8 Å². The molecule has 6 rings (SSSR count). The summed E-state index contributed by atoms with van der Waals surface area (Å²) in [5.74, 6) is 0.0884. The number of fused-ring (bicyclic) bond motifs is 1. The van der Waals surface area contributed by atoms with Gasteiger partial charge in [0.25, 0.3) is 0 Å². The second kappa shape index (κ2) is 21.1. The molecule has 5 N–H and O–H groups in total. The van der Waals surface area contributed by atoms with Gasteiger partial charge in [0.1, 0.15) is 0 Å². The first-order chi connectivity index (χ1) is 28.3. The van der Waals surface area contributed by atoms with E-state index in [-0.39, 0.29) is 23.4 Å². The van der Waals surface area contributed by atoms with E-state index in [2.05, 4.69) is 28.1 Å². The van der Waals surface area contributed by atoms with E-state index < -0.39 is 0 Å². The highest BCUT2D eigenvalue weighted by Crippen LogP contribution is 2.30. The van der Waals surface area contributed by atoms with Crippen molar-refractivity contribution in [2.75, 3.05) is 21.7 Å². The Bertz CT molecular complexity index is 2320. The van der Waals surface area contributed by atoms with Gasteiger partial charge in [-0.15, -0.1) is 0 Å². The molecule has 2 amide bonds. The van der Waals surface area contributed by atoms with Crippen molar-refractivity contribution < 1.29 is 19.2 Å². The number of anilines is 5. The summed E-state index contributed by atoms with van der Waals surface area (Å²) in [7, 11) is 0. The molecule has 0 radical (unpaired) electrons. The number of carbonyl (C=O) groups excluding carboxylic acids is 4. The summed E-state index contributed by atoms with van der Waals surface area (Å²) in [6.45, 7) is 0. The fourth-order valence-electron chi connectivity index (χ4n) is 7.00. The van der Waals surface area contributed by atoms with Gasteiger partial charge in [-0.25, -0.2) is 0 Å². The van der Waals surface area contributed by atoms with E-state index in [0.717, 1.165) is 78.0 Å². The Morgan fingerprint density at radius 2 is 0.931 bits per heavy atom. The fourth-order valence-corrected chi connectivity index (χ4v) is 7.00. The molecule has 8 nitrogen and oxygen atoms in total. The molecule has 0 saturated carbocycles. The van der Waals surface area contributed by atoms with Crippen LogP contribution in [0.15, 0.2) is 140 Å². The fraction of sp³-hybridized carbons (Fsp3) is 0.240. The summed E-state index contributed by atoms with van der Waals surface area (Å²) < 4.78 is 0. The highest BCUT2D eigenvalue weighted by Gasteiger charge is 2.12. The largest absolute Gasteiger partial charge is 0.397 e. The van der Waals surface area contributed by atoms with E-state index in [0.29, 0.717) is 60.5 Å². The smallest absolute Gasteiger partial charge is 0.224 e. The first kappa shape index (κ1) is 41.1. The van der Waals surface area contributed by atoms with Crippen molar-refractivity contribution in [2.45, 2.75) is 77.0 Å². The van der Waals surface area contributed by atoms with Gasteiger partial charge in [-0.2, -0.15) is 0 Å². The number of hydrogen-bond donors (Lipinski definition) is 4. The number of Topliss-reactive ketones (excluding diaryl/α,β-unsaturated/α-hetero) is 2. The molecule has 0 aromatic heterocycles. The summed E-state index contributed by atoms with van der Waals surface area (Å²) in [5.41, 5.74) is 13.0. The highest BCUT2D eigenvalue weighted by atomic mass is 16.2. The molecule has 0 aliphatic rings. The molecule has 0 aliphatic heterocycles. The van der Waals surface area contributed by atoms with Gasteiger partial charge in [-0.05, 0) is 84.0 Å². The zero-order valence-corrected chi connectivity index (χ0v) is 33.0. The van der Waals surface area contributed by atoms with Crippen LogP contribution in [-0.4, -0.2) is 23.4 Å². The topological polar surface area (TPSA) is 130 Å². The zero-order chi connectivity index (χ0) is 40.5. The number of para-hydroxylation sites is 2. The molecule has 6 aromatic rings. The van der Waals surface area contributed by atoms with Gasteiger partial charge in [0.05, 0.1) is 22.7 Å². The monoisotopic (exact) mass is 772 g/mol. The standard InChI is InChI=1S/C50H52N4O4/c51-43-33-32-42(35-46(43)54-50(58)25-11-4-2-9-23-48(56)41-31-28-37-18-12-13-19-40(37)34-41)52-44-20-14-15-21-45(44)53-49(57)24-10-3-1-8-22-47(55)39-29-26-38(27-30-39)36-16-6-5-7-17-36/h5-7,12-21,26-35,52H,1-4,8-11,22-25,51H2,(H,53,57)(H,54,58). The van der Waals surface area contributed by atoms with Crippen LogP contribution in [0.4, 0.5) is 28.4 Å². The Labute approximate surface area is 341 Å². The minimum absolute atomic E-state index is 0.0781. The number of nitrogens with two attached hydrogens (primary N) is 1. The third-order valence-electron chi connectivity index (χ3n) is 10.3. The Balaban J connectivity index is 0.872. The van der Waals surface area contributed by atoms with Crippen LogP contribution in [0.1, 0.15) is 97.8 Å². The molecule has 6 aromatic carbocycles. The Hall–Kier alpha value is -6.54. The van der Waals surface area contributed by atoms with E-state index in [1.165, 1.54) is 0 Å². The van der Waals surface area contributed by atoms with E-state index in [1.54, 1.807) is 12.1 Å². The molecule has 0 aliphatic carbocycles. The predicted molar refractivity (Wildman–Crippen MR) is 238 cm³/mol. The second-order valence-corrected chi connectivity index (χ2v) is 14.7. The summed E-state index contributed by atoms with van der Waals surface area (Å²) in [5, 5.41) is 11.5. The lowest BCUT2D eigenvalue weighted by molar-refractivity contribution is -0.117. The van der Waals surface area contributed by atoms with E-state index in [9.17, 15) is 19.2 Å². The van der Waals surface area contributed by atoms with Gasteiger partial charge in [-0.1, -0.05) is 129 Å². The van der Waals surface area contributed by atoms with Crippen molar-refractivity contribution >= 4 is 62.6 Å². The number of nitrogens with one attached hydrogen (secondary N) is 3. The van der Waals surface area contributed by atoms with E-state index in [1.807, 2.05) is 115 Å². The Morgan fingerprint density at radius 1 is 0.414 bits per heavy atom. The third kappa shape index (κ3) is 12.2. The van der Waals surface area contributed by atoms with Crippen molar-refractivity contribution in [3.63, 3.8) is 0 Å². The second-order valence-electron chi connectivity index (χ2n) is 14.7. The summed E-state index contributed by atoms with van der Waals surface area (Å²) in [6, 6.07) is 44.6. The number of unbranched alkanes of at least 4 members (excludes halogenated alkanes) is 6. The van der Waals surface area contributed by atoms with Crippen LogP contribution in [0.25, 0.3) is 21.9 Å². The molecule has 0 fully saturated rings. The molecule has 0 bridgehead atoms. The van der Waals surface area contributed by atoms with Crippen molar-refractivity contribution in [1.29, 1.82) is 0 Å². The van der Waals surface area contributed by atoms with Crippen molar-refractivity contribution in [1.82, 2.24) is 0 Å². The van der Waals surface area contributed by atoms with Crippen LogP contribution in [0.5, 0.6) is 0 Å². The molecule has 0 atom stereocenters. The summed E-state index contributed by atoms with van der Waals surface area (Å²) >= 11 is 0. The van der Waals surface area contributed by atoms with Crippen LogP contribution >= 0.6 is 0 Å². The number of ketones is 2. The average molecular weight is 773 g/mol. The number of hydrogen-bond acceptors (Lipinski definition) is 6. The minimum Gasteiger partial charge on any atom is -0.397 e. The lowest BCUT2D eigenvalue weighted by atomic mass is 10.00. The maximum Gasteiger partial charge on any atom is 0.224 e. The molecule has 0 unspecified atom stereocenters. The van der Waals surface area contributed by atoms with Crippen LogP contribution in [0.2, 0.25) is 0 Å². The Morgan fingerprint density at radius 3 is 1.60 bits per heavy atom. The summed E-state index contributed by atoms with van der Waals surface area (Å²) in [4.78, 5) is 51.1. The van der Waals surface area contributed by atoms with E-state index >= 15 is 0 Å². The molecule has 8 heteroatoms. The molecule has 0 heterocycles. The number of amides is 2. The number of nitrogen functional groups attached to an aromatic ring is 1. The van der Waals surface area contributed by atoms with Crippen molar-refractivity contribution in [2.24, 2.45) is 0 Å². The van der Waals surface area contributed by atoms with Crippen LogP contribution in [0, 0.1) is 0 Å². The minimum atomic E-state index is -0.121. The molecule has 296 valence electrons. The molecule has 0 saturated heterocycles. The van der Waals surface area contributed by atoms with E-state index in [4.69, 9.17) is 5.73 Å². The third-order valence-corrected chi connectivity index (χ3v) is 10.3. The quantitative estimate of drug-likeness (QED) is 0.0327. The predicted octanol–water partition coefficient (Wildman–Crippen LogP) is 12.2. The SMILES string of the molecule is Nc1ccc(Nc2ccccc2NC(=O)CCCCCCC(=O)c2ccc(-c3ccccc3)cc2)cc1NC(=O)CCCCCCC(=O)c1ccc2ccccc2c1. The van der Waals surface area contributed by atoms with Gasteiger partial charge in [0, 0.05) is 42.5 Å². The molecular weight excluding hydrogens is 721 g/mol. The van der Waals surface area contributed by atoms with Gasteiger partial charge >= 0.3 is 0 Å². The normalized spacial score (nSPS) is 10.9. The van der Waals surface area contributed by atoms with Crippen LogP contribution in [-0.2, 0) is 9.59 Å². The first-order valence-electron chi connectivity index (χ1n) is 20.4. The van der Waals surface area contributed by atoms with Crippen molar-refractivity contribution in [3.05, 3.63) is 151 Å². The summed E-state index contributed by atoms with van der Waals surface area (Å²) in [6.07, 6.45) is 8.20. The molecular formula is C50H52N4O4. The van der Waals surface area contributed by atoms with Gasteiger partial charge in [-0.3, -0.25) is 19.2 Å². The number of carbonyl (C=O) groups is 4. The molecule has 58 heavy (non-hydrogen) atoms. The number of rotatable bonds is 21. The van der Waals surface area contributed by atoms with Crippen LogP contribution in [0.3, 0.4) is 0 Å². The zero-order valence-electron chi connectivity index (χ0n) is 33.0. The lowest BCUT2D eigenvalue weighted by Crippen LogP contribution is -2.13. The van der Waals surface area contributed by atoms with Crippen molar-refractivity contribution in [3.8, 4) is 11.1 Å². The number of benzene rings is 6. The Kier molecular flexibility index (Phi) is 15.0. The highest BCUT2D eigenvalue weighted by molar-refractivity contribution is 6.00. The van der Waals surface area contributed by atoms with Gasteiger partial charge in [0.15, 0.2) is 11.6 Å². The molecule has 0 spiro atoms.